The zero-order valence-corrected chi connectivity index (χ0v) is 19.7. The predicted molar refractivity (Wildman–Crippen MR) is 133 cm³/mol. The van der Waals surface area contributed by atoms with Gasteiger partial charge in [-0.15, -0.1) is 0 Å². The van der Waals surface area contributed by atoms with Crippen LogP contribution in [0.3, 0.4) is 0 Å². The molecule has 2 rings (SSSR count). The Kier molecular flexibility index (Phi) is 10.5. The number of aromatic hydroxyl groups is 1. The Bertz CT molecular complexity index is 1160. The summed E-state index contributed by atoms with van der Waals surface area (Å²) >= 11 is 0. The minimum absolute atomic E-state index is 0.0606. The number of ether oxygens (including phenoxy) is 1. The number of rotatable bonds is 11. The second kappa shape index (κ2) is 13.5. The molecule has 0 fully saturated rings. The van der Waals surface area contributed by atoms with Crippen LogP contribution in [-0.2, 0) is 21.0 Å². The molecule has 0 aromatic heterocycles. The van der Waals surface area contributed by atoms with E-state index in [-0.39, 0.29) is 42.6 Å². The zero-order valence-electron chi connectivity index (χ0n) is 19.7. The predicted octanol–water partition coefficient (Wildman–Crippen LogP) is 3.75. The van der Waals surface area contributed by atoms with Gasteiger partial charge < -0.3 is 25.4 Å². The molecule has 0 saturated heterocycles. The van der Waals surface area contributed by atoms with E-state index in [0.29, 0.717) is 23.1 Å². The molecule has 0 unspecified atom stereocenters. The summed E-state index contributed by atoms with van der Waals surface area (Å²) in [7, 11) is 1.52. The van der Waals surface area contributed by atoms with Gasteiger partial charge in [0.1, 0.15) is 17.3 Å². The molecule has 1 amide bonds. The Morgan fingerprint density at radius 1 is 1.00 bits per heavy atom. The normalized spacial score (nSPS) is 11.7. The molecule has 184 valence electrons. The third-order valence-electron chi connectivity index (χ3n) is 4.94. The highest BCUT2D eigenvalue weighted by atomic mass is 16.5. The smallest absolute Gasteiger partial charge is 0.311 e. The average molecular weight is 480 g/mol. The fraction of sp³-hybridized carbons (Fsp3) is 0.222. The molecule has 0 spiro atoms. The molecule has 0 aliphatic carbocycles. The van der Waals surface area contributed by atoms with Crippen LogP contribution in [0, 0.1) is 6.92 Å². The van der Waals surface area contributed by atoms with Crippen LogP contribution in [0.4, 0.5) is 0 Å². The number of esters is 1. The number of allylic oxidation sites excluding steroid dienone is 3. The third-order valence-corrected chi connectivity index (χ3v) is 4.94. The average Bonchev–Trinajstić information content (AvgIpc) is 2.83. The summed E-state index contributed by atoms with van der Waals surface area (Å²) in [6.07, 6.45) is 7.43. The first kappa shape index (κ1) is 27.1. The number of nitrogens with one attached hydrogen (secondary N) is 1. The standard InChI is InChI=1S/C27H29NO7/c1-18-14-19(8-12-24(18)32)6-10-22(30)16-23(31)11-7-20-9-13-25(21(15-20)17-29)35-27(34)5-3-4-26(33)28-2/h6-16,29-30,32H,3-5,17H2,1-2H3,(H,28,33)/b10-6+,11-7+,22-16-. The molecule has 4 N–H and O–H groups in total. The van der Waals surface area contributed by atoms with Gasteiger partial charge >= 0.3 is 5.97 Å². The second-order valence-corrected chi connectivity index (χ2v) is 7.71. The Hall–Kier alpha value is -4.17. The molecule has 0 radical (unpaired) electrons. The summed E-state index contributed by atoms with van der Waals surface area (Å²) < 4.78 is 5.28. The zero-order chi connectivity index (χ0) is 25.8. The number of ketones is 1. The van der Waals surface area contributed by atoms with Gasteiger partial charge in [0.15, 0.2) is 5.78 Å². The highest BCUT2D eigenvalue weighted by Crippen LogP contribution is 2.22. The lowest BCUT2D eigenvalue weighted by Gasteiger charge is -2.09. The number of aryl methyl sites for hydroxylation is 1. The number of phenolic OH excluding ortho intramolecular Hbond substituents is 1. The van der Waals surface area contributed by atoms with Gasteiger partial charge in [0.2, 0.25) is 5.91 Å². The minimum atomic E-state index is -0.516. The van der Waals surface area contributed by atoms with Crippen molar-refractivity contribution in [2.75, 3.05) is 7.05 Å². The minimum Gasteiger partial charge on any atom is -0.508 e. The molecule has 35 heavy (non-hydrogen) atoms. The highest BCUT2D eigenvalue weighted by Gasteiger charge is 2.10. The fourth-order valence-electron chi connectivity index (χ4n) is 3.00. The summed E-state index contributed by atoms with van der Waals surface area (Å²) in [6.45, 7) is 1.38. The second-order valence-electron chi connectivity index (χ2n) is 7.71. The van der Waals surface area contributed by atoms with Gasteiger partial charge in [-0.25, -0.2) is 0 Å². The number of aliphatic hydroxyl groups excluding tert-OH is 2. The molecule has 2 aromatic rings. The van der Waals surface area contributed by atoms with Gasteiger partial charge in [0, 0.05) is 31.5 Å². The Balaban J connectivity index is 1.98. The quantitative estimate of drug-likeness (QED) is 0.127. The van der Waals surface area contributed by atoms with E-state index in [9.17, 15) is 29.7 Å². The molecular weight excluding hydrogens is 450 g/mol. The van der Waals surface area contributed by atoms with Crippen LogP contribution < -0.4 is 10.1 Å². The lowest BCUT2D eigenvalue weighted by atomic mass is 10.1. The lowest BCUT2D eigenvalue weighted by molar-refractivity contribution is -0.134. The van der Waals surface area contributed by atoms with Crippen LogP contribution in [-0.4, -0.2) is 40.0 Å². The van der Waals surface area contributed by atoms with E-state index in [0.717, 1.165) is 11.6 Å². The molecule has 0 aliphatic rings. The molecule has 0 aliphatic heterocycles. The summed E-state index contributed by atoms with van der Waals surface area (Å²) in [5, 5.41) is 31.6. The van der Waals surface area contributed by atoms with E-state index >= 15 is 0 Å². The molecule has 0 bridgehead atoms. The van der Waals surface area contributed by atoms with E-state index in [4.69, 9.17) is 4.74 Å². The molecule has 8 heteroatoms. The first-order chi connectivity index (χ1) is 16.7. The molecule has 2 aromatic carbocycles. The van der Waals surface area contributed by atoms with Gasteiger partial charge in [-0.2, -0.15) is 0 Å². The van der Waals surface area contributed by atoms with E-state index in [1.165, 1.54) is 31.3 Å². The molecule has 8 nitrogen and oxygen atoms in total. The topological polar surface area (TPSA) is 133 Å². The van der Waals surface area contributed by atoms with Crippen LogP contribution in [0.2, 0.25) is 0 Å². The van der Waals surface area contributed by atoms with Crippen molar-refractivity contribution < 1.29 is 34.4 Å². The maximum absolute atomic E-state index is 12.1. The van der Waals surface area contributed by atoms with Gasteiger partial charge in [-0.05, 0) is 66.5 Å². The van der Waals surface area contributed by atoms with Crippen molar-refractivity contribution in [1.82, 2.24) is 5.32 Å². The highest BCUT2D eigenvalue weighted by molar-refractivity contribution is 6.02. The number of carbonyl (C=O) groups excluding carboxylic acids is 3. The number of phenols is 1. The first-order valence-electron chi connectivity index (χ1n) is 11.0. The number of amides is 1. The van der Waals surface area contributed by atoms with Crippen LogP contribution in [0.5, 0.6) is 11.5 Å². The van der Waals surface area contributed by atoms with Crippen molar-refractivity contribution in [3.63, 3.8) is 0 Å². The number of benzene rings is 2. The summed E-state index contributed by atoms with van der Waals surface area (Å²) in [5.74, 6) is -0.987. The number of carbonyl (C=O) groups is 3. The van der Waals surface area contributed by atoms with E-state index in [1.807, 2.05) is 0 Å². The van der Waals surface area contributed by atoms with Gasteiger partial charge in [0.05, 0.1) is 6.61 Å². The van der Waals surface area contributed by atoms with Gasteiger partial charge in [-0.3, -0.25) is 14.4 Å². The van der Waals surface area contributed by atoms with Gasteiger partial charge in [0.25, 0.3) is 0 Å². The van der Waals surface area contributed by atoms with Crippen molar-refractivity contribution in [1.29, 1.82) is 0 Å². The molecule has 0 heterocycles. The Morgan fingerprint density at radius 2 is 1.69 bits per heavy atom. The van der Waals surface area contributed by atoms with Crippen LogP contribution in [0.25, 0.3) is 12.2 Å². The number of hydrogen-bond acceptors (Lipinski definition) is 7. The van der Waals surface area contributed by atoms with Crippen molar-refractivity contribution in [3.8, 4) is 11.5 Å². The number of aliphatic hydroxyl groups is 2. The summed E-state index contributed by atoms with van der Waals surface area (Å²) in [5.41, 5.74) is 2.40. The van der Waals surface area contributed by atoms with Crippen molar-refractivity contribution in [3.05, 3.63) is 82.6 Å². The molecule has 0 atom stereocenters. The first-order valence-corrected chi connectivity index (χ1v) is 11.0. The van der Waals surface area contributed by atoms with Gasteiger partial charge in [-0.1, -0.05) is 24.3 Å². The lowest BCUT2D eigenvalue weighted by Crippen LogP contribution is -2.18. The largest absolute Gasteiger partial charge is 0.508 e. The Morgan fingerprint density at radius 3 is 2.37 bits per heavy atom. The number of hydrogen-bond donors (Lipinski definition) is 4. The maximum atomic E-state index is 12.1. The van der Waals surface area contributed by atoms with E-state index < -0.39 is 11.8 Å². The Labute approximate surface area is 203 Å². The molecule has 0 saturated carbocycles. The van der Waals surface area contributed by atoms with Crippen LogP contribution >= 0.6 is 0 Å². The monoisotopic (exact) mass is 479 g/mol. The summed E-state index contributed by atoms with van der Waals surface area (Å²) in [6, 6.07) is 9.68. The maximum Gasteiger partial charge on any atom is 0.311 e. The SMILES string of the molecule is CNC(=O)CCCC(=O)Oc1ccc(/C=C/C(=O)/C=C(O)/C=C/c2ccc(O)c(C)c2)cc1CO. The molecular formula is C27H29NO7. The van der Waals surface area contributed by atoms with E-state index in [1.54, 1.807) is 43.3 Å². The van der Waals surface area contributed by atoms with Crippen molar-refractivity contribution >= 4 is 29.8 Å². The van der Waals surface area contributed by atoms with Crippen molar-refractivity contribution in [2.45, 2.75) is 32.8 Å². The fourth-order valence-corrected chi connectivity index (χ4v) is 3.00. The third kappa shape index (κ3) is 9.30. The van der Waals surface area contributed by atoms with Crippen LogP contribution in [0.1, 0.15) is 41.5 Å². The van der Waals surface area contributed by atoms with E-state index in [2.05, 4.69) is 5.32 Å². The van der Waals surface area contributed by atoms with Crippen LogP contribution in [0.15, 0.2) is 60.4 Å². The summed E-state index contributed by atoms with van der Waals surface area (Å²) in [4.78, 5) is 35.3. The van der Waals surface area contributed by atoms with Crippen molar-refractivity contribution in [2.24, 2.45) is 0 Å².